The highest BCUT2D eigenvalue weighted by atomic mass is 16.4. The van der Waals surface area contributed by atoms with Crippen molar-refractivity contribution in [2.75, 3.05) is 0 Å². The minimum absolute atomic E-state index is 0.200. The first-order chi connectivity index (χ1) is 5.74. The van der Waals surface area contributed by atoms with Gasteiger partial charge in [-0.05, 0) is 18.6 Å². The third-order valence-corrected chi connectivity index (χ3v) is 1.62. The second-order valence-corrected chi connectivity index (χ2v) is 2.52. The number of rotatable bonds is 2. The number of oxime groups is 1. The summed E-state index contributed by atoms with van der Waals surface area (Å²) in [7, 11) is 0. The standard InChI is InChI=1S/C8H11N3O/c1-6-7(3-2-4-10-6)5-8(9)11-12/h2-4,12H,5H2,1H3,(H2,9,11). The van der Waals surface area contributed by atoms with Gasteiger partial charge >= 0.3 is 0 Å². The first kappa shape index (κ1) is 8.52. The van der Waals surface area contributed by atoms with Crippen LogP contribution in [-0.4, -0.2) is 16.0 Å². The highest BCUT2D eigenvalue weighted by molar-refractivity contribution is 5.82. The van der Waals surface area contributed by atoms with Crippen LogP contribution in [0.2, 0.25) is 0 Å². The number of nitrogens with two attached hydrogens (primary N) is 1. The smallest absolute Gasteiger partial charge is 0.143 e. The van der Waals surface area contributed by atoms with E-state index in [1.54, 1.807) is 6.20 Å². The number of amidine groups is 1. The summed E-state index contributed by atoms with van der Waals surface area (Å²) in [6.07, 6.45) is 2.15. The van der Waals surface area contributed by atoms with Crippen LogP contribution in [0.5, 0.6) is 0 Å². The van der Waals surface area contributed by atoms with Crippen molar-refractivity contribution in [1.82, 2.24) is 4.98 Å². The summed E-state index contributed by atoms with van der Waals surface area (Å²) in [5, 5.41) is 11.2. The van der Waals surface area contributed by atoms with Crippen LogP contribution in [-0.2, 0) is 6.42 Å². The first-order valence-electron chi connectivity index (χ1n) is 3.61. The topological polar surface area (TPSA) is 71.5 Å². The summed E-state index contributed by atoms with van der Waals surface area (Å²) >= 11 is 0. The lowest BCUT2D eigenvalue weighted by molar-refractivity contribution is 0.317. The van der Waals surface area contributed by atoms with Crippen molar-refractivity contribution in [3.8, 4) is 0 Å². The second-order valence-electron chi connectivity index (χ2n) is 2.52. The summed E-state index contributed by atoms with van der Waals surface area (Å²) < 4.78 is 0. The fourth-order valence-electron chi connectivity index (χ4n) is 0.935. The fourth-order valence-corrected chi connectivity index (χ4v) is 0.935. The average molecular weight is 165 g/mol. The minimum Gasteiger partial charge on any atom is -0.409 e. The van der Waals surface area contributed by atoms with Gasteiger partial charge in [0.25, 0.3) is 0 Å². The number of nitrogens with zero attached hydrogens (tertiary/aromatic N) is 2. The number of pyridine rings is 1. The maximum atomic E-state index is 8.33. The molecule has 1 aromatic heterocycles. The van der Waals surface area contributed by atoms with Gasteiger partial charge in [-0.3, -0.25) is 4.98 Å². The lowest BCUT2D eigenvalue weighted by Gasteiger charge is -2.01. The molecule has 1 rings (SSSR count). The molecule has 1 aromatic rings. The summed E-state index contributed by atoms with van der Waals surface area (Å²) in [5.74, 6) is 0.200. The number of hydrogen-bond acceptors (Lipinski definition) is 3. The van der Waals surface area contributed by atoms with Gasteiger partial charge in [0.15, 0.2) is 0 Å². The van der Waals surface area contributed by atoms with Crippen LogP contribution in [0.1, 0.15) is 11.3 Å². The van der Waals surface area contributed by atoms with E-state index in [1.165, 1.54) is 0 Å². The quantitative estimate of drug-likeness (QED) is 0.293. The summed E-state index contributed by atoms with van der Waals surface area (Å²) in [6.45, 7) is 1.89. The fraction of sp³-hybridized carbons (Fsp3) is 0.250. The van der Waals surface area contributed by atoms with Gasteiger partial charge in [-0.25, -0.2) is 0 Å². The SMILES string of the molecule is Cc1ncccc1C/C(N)=N/O. The summed E-state index contributed by atoms with van der Waals surface area (Å²) in [6, 6.07) is 3.73. The molecule has 0 aromatic carbocycles. The molecule has 0 aliphatic carbocycles. The zero-order valence-corrected chi connectivity index (χ0v) is 6.86. The Bertz CT molecular complexity index is 296. The van der Waals surface area contributed by atoms with Crippen molar-refractivity contribution in [2.45, 2.75) is 13.3 Å². The van der Waals surface area contributed by atoms with E-state index in [-0.39, 0.29) is 5.84 Å². The van der Waals surface area contributed by atoms with E-state index in [9.17, 15) is 0 Å². The van der Waals surface area contributed by atoms with Crippen LogP contribution in [0.15, 0.2) is 23.5 Å². The third-order valence-electron chi connectivity index (χ3n) is 1.62. The van der Waals surface area contributed by atoms with Crippen molar-refractivity contribution >= 4 is 5.84 Å². The van der Waals surface area contributed by atoms with Crippen LogP contribution < -0.4 is 5.73 Å². The second kappa shape index (κ2) is 3.71. The van der Waals surface area contributed by atoms with E-state index in [4.69, 9.17) is 10.9 Å². The molecule has 0 saturated carbocycles. The van der Waals surface area contributed by atoms with Crippen molar-refractivity contribution in [2.24, 2.45) is 10.9 Å². The maximum absolute atomic E-state index is 8.33. The minimum atomic E-state index is 0.200. The van der Waals surface area contributed by atoms with Crippen LogP contribution in [0, 0.1) is 6.92 Å². The van der Waals surface area contributed by atoms with Crippen LogP contribution in [0.25, 0.3) is 0 Å². The van der Waals surface area contributed by atoms with Gasteiger partial charge in [-0.15, -0.1) is 0 Å². The Kier molecular flexibility index (Phi) is 2.63. The molecule has 12 heavy (non-hydrogen) atoms. The normalized spacial score (nSPS) is 11.6. The van der Waals surface area contributed by atoms with Crippen molar-refractivity contribution in [3.63, 3.8) is 0 Å². The van der Waals surface area contributed by atoms with Crippen LogP contribution in [0.4, 0.5) is 0 Å². The zero-order chi connectivity index (χ0) is 8.97. The van der Waals surface area contributed by atoms with Crippen LogP contribution in [0.3, 0.4) is 0 Å². The van der Waals surface area contributed by atoms with Gasteiger partial charge in [-0.1, -0.05) is 11.2 Å². The molecule has 0 unspecified atom stereocenters. The van der Waals surface area contributed by atoms with Gasteiger partial charge in [0.05, 0.1) is 0 Å². The Morgan fingerprint density at radius 3 is 3.08 bits per heavy atom. The van der Waals surface area contributed by atoms with Crippen LogP contribution >= 0.6 is 0 Å². The molecule has 0 atom stereocenters. The third kappa shape index (κ3) is 1.95. The summed E-state index contributed by atoms with van der Waals surface area (Å²) in [4.78, 5) is 4.07. The summed E-state index contributed by atoms with van der Waals surface area (Å²) in [5.41, 5.74) is 7.23. The molecular weight excluding hydrogens is 154 g/mol. The lowest BCUT2D eigenvalue weighted by Crippen LogP contribution is -2.15. The molecular formula is C8H11N3O. The molecule has 4 heteroatoms. The molecule has 0 amide bonds. The predicted molar refractivity (Wildman–Crippen MR) is 46.1 cm³/mol. The molecule has 0 saturated heterocycles. The van der Waals surface area contributed by atoms with E-state index in [0.717, 1.165) is 11.3 Å². The monoisotopic (exact) mass is 165 g/mol. The van der Waals surface area contributed by atoms with Gasteiger partial charge in [0.2, 0.25) is 0 Å². The number of aromatic nitrogens is 1. The zero-order valence-electron chi connectivity index (χ0n) is 6.86. The van der Waals surface area contributed by atoms with E-state index in [0.29, 0.717) is 6.42 Å². The highest BCUT2D eigenvalue weighted by Crippen LogP contribution is 2.03. The Labute approximate surface area is 70.7 Å². The number of aryl methyl sites for hydroxylation is 1. The molecule has 0 spiro atoms. The van der Waals surface area contributed by atoms with E-state index in [2.05, 4.69) is 10.1 Å². The van der Waals surface area contributed by atoms with Crippen molar-refractivity contribution in [1.29, 1.82) is 0 Å². The molecule has 0 radical (unpaired) electrons. The van der Waals surface area contributed by atoms with Crippen molar-refractivity contribution in [3.05, 3.63) is 29.6 Å². The van der Waals surface area contributed by atoms with E-state index in [1.807, 2.05) is 19.1 Å². The highest BCUT2D eigenvalue weighted by Gasteiger charge is 2.00. The largest absolute Gasteiger partial charge is 0.409 e. The Hall–Kier alpha value is -1.58. The maximum Gasteiger partial charge on any atom is 0.143 e. The molecule has 64 valence electrons. The van der Waals surface area contributed by atoms with Gasteiger partial charge in [-0.2, -0.15) is 0 Å². The van der Waals surface area contributed by atoms with Gasteiger partial charge in [0.1, 0.15) is 5.84 Å². The number of hydrogen-bond donors (Lipinski definition) is 2. The molecule has 3 N–H and O–H groups in total. The molecule has 0 bridgehead atoms. The van der Waals surface area contributed by atoms with E-state index >= 15 is 0 Å². The molecule has 4 nitrogen and oxygen atoms in total. The molecule has 0 aliphatic heterocycles. The predicted octanol–water partition coefficient (Wildman–Crippen LogP) is 0.679. The Morgan fingerprint density at radius 1 is 1.75 bits per heavy atom. The van der Waals surface area contributed by atoms with E-state index < -0.39 is 0 Å². The average Bonchev–Trinajstić information content (AvgIpc) is 2.09. The molecule has 1 heterocycles. The molecule has 0 aliphatic rings. The van der Waals surface area contributed by atoms with Gasteiger partial charge in [0, 0.05) is 18.3 Å². The lowest BCUT2D eigenvalue weighted by atomic mass is 10.1. The van der Waals surface area contributed by atoms with Crippen molar-refractivity contribution < 1.29 is 5.21 Å². The Balaban J connectivity index is 2.82. The molecule has 0 fully saturated rings. The first-order valence-corrected chi connectivity index (χ1v) is 3.61. The Morgan fingerprint density at radius 2 is 2.50 bits per heavy atom. The van der Waals surface area contributed by atoms with Gasteiger partial charge < -0.3 is 10.9 Å².